The number of rotatable bonds is 7. The van der Waals surface area contributed by atoms with E-state index in [1.54, 1.807) is 12.1 Å². The minimum atomic E-state index is -0.956. The average molecular weight is 448 g/mol. The fourth-order valence-corrected chi connectivity index (χ4v) is 4.60. The van der Waals surface area contributed by atoms with Gasteiger partial charge in [-0.25, -0.2) is 14.8 Å². The van der Waals surface area contributed by atoms with Crippen LogP contribution in [0.5, 0.6) is 0 Å². The van der Waals surface area contributed by atoms with Gasteiger partial charge in [0.15, 0.2) is 0 Å². The molecule has 0 saturated carbocycles. The van der Waals surface area contributed by atoms with E-state index in [0.29, 0.717) is 28.5 Å². The van der Waals surface area contributed by atoms with E-state index in [9.17, 15) is 9.90 Å². The van der Waals surface area contributed by atoms with Gasteiger partial charge in [0.1, 0.15) is 23.5 Å². The summed E-state index contributed by atoms with van der Waals surface area (Å²) in [6.07, 6.45) is 2.30. The molecule has 2 heterocycles. The maximum absolute atomic E-state index is 11.6. The Bertz CT molecular complexity index is 1300. The van der Waals surface area contributed by atoms with Gasteiger partial charge < -0.3 is 14.8 Å². The largest absolute Gasteiger partial charge is 0.478 e. The molecule has 0 unspecified atom stereocenters. The molecule has 0 radical (unpaired) electrons. The van der Waals surface area contributed by atoms with Crippen molar-refractivity contribution in [3.05, 3.63) is 71.2 Å². The van der Waals surface area contributed by atoms with Gasteiger partial charge >= 0.3 is 5.97 Å². The quantitative estimate of drug-likeness (QED) is 0.303. The van der Waals surface area contributed by atoms with Crippen molar-refractivity contribution in [3.8, 4) is 11.3 Å². The molecule has 6 nitrogen and oxygen atoms in total. The van der Waals surface area contributed by atoms with Crippen molar-refractivity contribution < 1.29 is 14.3 Å². The Morgan fingerprint density at radius 2 is 1.97 bits per heavy atom. The van der Waals surface area contributed by atoms with Crippen LogP contribution in [0.1, 0.15) is 47.0 Å². The number of carboxylic acid groups (broad SMARTS) is 1. The van der Waals surface area contributed by atoms with Crippen molar-refractivity contribution in [2.24, 2.45) is 0 Å². The van der Waals surface area contributed by atoms with Crippen LogP contribution in [0.4, 0.5) is 5.82 Å². The van der Waals surface area contributed by atoms with Crippen LogP contribution in [0.3, 0.4) is 0 Å². The summed E-state index contributed by atoms with van der Waals surface area (Å²) in [5.41, 5.74) is 4.53. The SMILES string of the molecule is Cc1oc2ccccc2c1CCNc1cc(-c2ccc(C(=O)O)c(C(C)C)c2S)ncn1. The third-order valence-corrected chi connectivity index (χ3v) is 6.03. The second-order valence-electron chi connectivity index (χ2n) is 7.98. The number of para-hydroxylation sites is 1. The molecule has 0 saturated heterocycles. The van der Waals surface area contributed by atoms with Gasteiger partial charge in [0.25, 0.3) is 0 Å². The molecular weight excluding hydrogens is 422 g/mol. The van der Waals surface area contributed by atoms with E-state index in [1.807, 2.05) is 45.0 Å². The first-order valence-corrected chi connectivity index (χ1v) is 10.9. The first-order chi connectivity index (χ1) is 15.4. The van der Waals surface area contributed by atoms with Crippen molar-refractivity contribution in [3.63, 3.8) is 0 Å². The van der Waals surface area contributed by atoms with Crippen LogP contribution >= 0.6 is 12.6 Å². The lowest BCUT2D eigenvalue weighted by Gasteiger charge is -2.16. The Hall–Kier alpha value is -3.32. The first kappa shape index (κ1) is 21.9. The zero-order chi connectivity index (χ0) is 22.8. The summed E-state index contributed by atoms with van der Waals surface area (Å²) in [5, 5.41) is 14.0. The smallest absolute Gasteiger partial charge is 0.336 e. The van der Waals surface area contributed by atoms with E-state index >= 15 is 0 Å². The number of furan rings is 1. The van der Waals surface area contributed by atoms with Crippen LogP contribution in [0.25, 0.3) is 22.2 Å². The number of hydrogen-bond donors (Lipinski definition) is 3. The minimum Gasteiger partial charge on any atom is -0.478 e. The number of carboxylic acids is 1. The van der Waals surface area contributed by atoms with Gasteiger partial charge in [-0.1, -0.05) is 38.1 Å². The van der Waals surface area contributed by atoms with Gasteiger partial charge in [-0.15, -0.1) is 12.6 Å². The summed E-state index contributed by atoms with van der Waals surface area (Å²) in [6, 6.07) is 13.3. The number of nitrogens with one attached hydrogen (secondary N) is 1. The zero-order valence-electron chi connectivity index (χ0n) is 18.2. The van der Waals surface area contributed by atoms with Crippen LogP contribution in [0, 0.1) is 6.92 Å². The number of fused-ring (bicyclic) bond motifs is 1. The number of aryl methyl sites for hydroxylation is 1. The number of aromatic nitrogens is 2. The van der Waals surface area contributed by atoms with E-state index in [1.165, 1.54) is 11.9 Å². The summed E-state index contributed by atoms with van der Waals surface area (Å²) in [5.74, 6) is 0.682. The van der Waals surface area contributed by atoms with E-state index in [0.717, 1.165) is 28.7 Å². The van der Waals surface area contributed by atoms with Crippen molar-refractivity contribution in [2.45, 2.75) is 38.0 Å². The van der Waals surface area contributed by atoms with Crippen molar-refractivity contribution in [2.75, 3.05) is 11.9 Å². The van der Waals surface area contributed by atoms with Gasteiger partial charge in [0, 0.05) is 34.0 Å². The Kier molecular flexibility index (Phi) is 6.19. The third kappa shape index (κ3) is 4.21. The summed E-state index contributed by atoms with van der Waals surface area (Å²) >= 11 is 4.66. The summed E-state index contributed by atoms with van der Waals surface area (Å²) in [6.45, 7) is 6.59. The molecular formula is C25H25N3O3S. The predicted molar refractivity (Wildman–Crippen MR) is 129 cm³/mol. The summed E-state index contributed by atoms with van der Waals surface area (Å²) in [7, 11) is 0. The van der Waals surface area contributed by atoms with E-state index in [-0.39, 0.29) is 11.5 Å². The monoisotopic (exact) mass is 447 g/mol. The topological polar surface area (TPSA) is 88.2 Å². The second kappa shape index (κ2) is 9.04. The molecule has 0 amide bonds. The number of anilines is 1. The standard InChI is InChI=1S/C25H25N3O3S/c1-14(2)23-19(25(29)30)9-8-18(24(23)32)20-12-22(28-13-27-20)26-11-10-16-15(3)31-21-7-5-4-6-17(16)21/h4-9,12-14,32H,10-11H2,1-3H3,(H,29,30)(H,26,27,28). The minimum absolute atomic E-state index is 0.0148. The summed E-state index contributed by atoms with van der Waals surface area (Å²) in [4.78, 5) is 21.0. The number of benzene rings is 2. The van der Waals surface area contributed by atoms with Gasteiger partial charge in [-0.3, -0.25) is 0 Å². The van der Waals surface area contributed by atoms with Gasteiger partial charge in [-0.2, -0.15) is 0 Å². The van der Waals surface area contributed by atoms with E-state index in [2.05, 4.69) is 34.0 Å². The highest BCUT2D eigenvalue weighted by molar-refractivity contribution is 7.80. The highest BCUT2D eigenvalue weighted by Crippen LogP contribution is 2.35. The molecule has 4 rings (SSSR count). The molecule has 4 aromatic rings. The van der Waals surface area contributed by atoms with Gasteiger partial charge in [0.05, 0.1) is 11.3 Å². The molecule has 32 heavy (non-hydrogen) atoms. The lowest BCUT2D eigenvalue weighted by atomic mass is 9.93. The molecule has 0 aliphatic rings. The highest BCUT2D eigenvalue weighted by Gasteiger charge is 2.19. The van der Waals surface area contributed by atoms with Gasteiger partial charge in [-0.05, 0) is 37.0 Å². The lowest BCUT2D eigenvalue weighted by Crippen LogP contribution is -2.08. The highest BCUT2D eigenvalue weighted by atomic mass is 32.1. The maximum Gasteiger partial charge on any atom is 0.336 e. The lowest BCUT2D eigenvalue weighted by molar-refractivity contribution is 0.0695. The molecule has 0 bridgehead atoms. The zero-order valence-corrected chi connectivity index (χ0v) is 19.1. The van der Waals surface area contributed by atoms with E-state index < -0.39 is 5.97 Å². The molecule has 2 aromatic heterocycles. The Morgan fingerprint density at radius 3 is 2.72 bits per heavy atom. The van der Waals surface area contributed by atoms with Crippen LogP contribution in [-0.4, -0.2) is 27.6 Å². The Morgan fingerprint density at radius 1 is 1.19 bits per heavy atom. The second-order valence-corrected chi connectivity index (χ2v) is 8.43. The van der Waals surface area contributed by atoms with Crippen LogP contribution in [-0.2, 0) is 6.42 Å². The van der Waals surface area contributed by atoms with E-state index in [4.69, 9.17) is 4.42 Å². The number of aromatic carboxylic acids is 1. The molecule has 0 spiro atoms. The molecule has 7 heteroatoms. The molecule has 0 aliphatic heterocycles. The van der Waals surface area contributed by atoms with Crippen LogP contribution in [0.2, 0.25) is 0 Å². The van der Waals surface area contributed by atoms with Crippen molar-refractivity contribution >= 4 is 35.4 Å². The number of nitrogens with zero attached hydrogens (tertiary/aromatic N) is 2. The van der Waals surface area contributed by atoms with Crippen molar-refractivity contribution in [1.82, 2.24) is 9.97 Å². The van der Waals surface area contributed by atoms with Crippen molar-refractivity contribution in [1.29, 1.82) is 0 Å². The molecule has 164 valence electrons. The number of carbonyl (C=O) groups is 1. The number of thiol groups is 1. The maximum atomic E-state index is 11.6. The van der Waals surface area contributed by atoms with Crippen LogP contribution < -0.4 is 5.32 Å². The predicted octanol–water partition coefficient (Wildman–Crippen LogP) is 5.96. The number of hydrogen-bond acceptors (Lipinski definition) is 6. The van der Waals surface area contributed by atoms with Gasteiger partial charge in [0.2, 0.25) is 0 Å². The molecule has 0 aliphatic carbocycles. The average Bonchev–Trinajstić information content (AvgIpc) is 3.08. The fourth-order valence-electron chi connectivity index (χ4n) is 4.03. The normalized spacial score (nSPS) is 11.3. The fraction of sp³-hybridized carbons (Fsp3) is 0.240. The summed E-state index contributed by atoms with van der Waals surface area (Å²) < 4.78 is 5.85. The molecule has 0 fully saturated rings. The third-order valence-electron chi connectivity index (χ3n) is 5.55. The molecule has 2 aromatic carbocycles. The first-order valence-electron chi connectivity index (χ1n) is 10.5. The van der Waals surface area contributed by atoms with Crippen LogP contribution in [0.15, 0.2) is 58.1 Å². The molecule has 0 atom stereocenters. The Labute approximate surface area is 192 Å². The molecule has 2 N–H and O–H groups in total. The Balaban J connectivity index is 1.56.